The van der Waals surface area contributed by atoms with E-state index in [1.165, 1.54) is 6.26 Å². The van der Waals surface area contributed by atoms with Gasteiger partial charge in [-0.3, -0.25) is 9.59 Å². The Hall–Kier alpha value is -4.35. The molecule has 7 N–H and O–H groups in total. The second kappa shape index (κ2) is 9.20. The smallest absolute Gasteiger partial charge is 0.326 e. The van der Waals surface area contributed by atoms with Gasteiger partial charge in [0.05, 0.1) is 11.6 Å². The maximum atomic E-state index is 12.4. The number of amides is 1. The number of carbonyl (C=O) groups is 3. The molecule has 1 amide bonds. The lowest BCUT2D eigenvalue weighted by Crippen LogP contribution is -2.41. The van der Waals surface area contributed by atoms with Crippen molar-refractivity contribution in [1.29, 1.82) is 0 Å². The Morgan fingerprint density at radius 3 is 2.47 bits per heavy atom. The first kappa shape index (κ1) is 22.3. The zero-order valence-corrected chi connectivity index (χ0v) is 17.1. The standard InChI is InChI=1S/C20H22N6O6/c1-26(8-11-9-32-18-15(11)16(21)24-20(22)25-18)12-4-2-10(3-5-12)17(29)23-13(19(30)31)6-7-14(27)28/h2-5,9,13H,6-8H2,1H3,(H,23,29)(H,27,28)(H,30,31)(H4,21,22,24,25)/t13-/m0/s1. The van der Waals surface area contributed by atoms with E-state index in [0.29, 0.717) is 17.6 Å². The summed E-state index contributed by atoms with van der Waals surface area (Å²) in [4.78, 5) is 44.1. The first-order valence-electron chi connectivity index (χ1n) is 9.51. The maximum absolute atomic E-state index is 12.4. The van der Waals surface area contributed by atoms with Gasteiger partial charge in [0.25, 0.3) is 5.91 Å². The molecule has 0 aliphatic heterocycles. The van der Waals surface area contributed by atoms with Crippen LogP contribution in [0.25, 0.3) is 11.1 Å². The number of aliphatic carboxylic acids is 2. The second-order valence-corrected chi connectivity index (χ2v) is 7.11. The Morgan fingerprint density at radius 2 is 1.84 bits per heavy atom. The summed E-state index contributed by atoms with van der Waals surface area (Å²) in [5.74, 6) is -2.81. The molecule has 2 aromatic heterocycles. The quantitative estimate of drug-likeness (QED) is 0.317. The Kier molecular flexibility index (Phi) is 6.42. The van der Waals surface area contributed by atoms with Crippen LogP contribution >= 0.6 is 0 Å². The average Bonchev–Trinajstić information content (AvgIpc) is 3.13. The number of rotatable bonds is 9. The Bertz CT molecular complexity index is 1160. The molecule has 2 heterocycles. The molecule has 32 heavy (non-hydrogen) atoms. The van der Waals surface area contributed by atoms with E-state index < -0.39 is 23.9 Å². The molecule has 3 rings (SSSR count). The third kappa shape index (κ3) is 5.03. The molecule has 12 nitrogen and oxygen atoms in total. The number of anilines is 3. The maximum Gasteiger partial charge on any atom is 0.326 e. The number of nitrogens with two attached hydrogens (primary N) is 2. The number of nitrogen functional groups attached to an aromatic ring is 2. The van der Waals surface area contributed by atoms with Crippen molar-refractivity contribution >= 4 is 46.4 Å². The van der Waals surface area contributed by atoms with Gasteiger partial charge in [-0.1, -0.05) is 0 Å². The van der Waals surface area contributed by atoms with Gasteiger partial charge in [0.15, 0.2) is 0 Å². The molecule has 168 valence electrons. The SMILES string of the molecule is CN(Cc1coc2nc(N)nc(N)c12)c1ccc(C(=O)N[C@@H](CCC(=O)O)C(=O)O)cc1. The highest BCUT2D eigenvalue weighted by Gasteiger charge is 2.22. The molecule has 0 fully saturated rings. The monoisotopic (exact) mass is 442 g/mol. The normalized spacial score (nSPS) is 11.8. The van der Waals surface area contributed by atoms with Crippen molar-refractivity contribution in [3.05, 3.63) is 41.7 Å². The van der Waals surface area contributed by atoms with E-state index in [9.17, 15) is 19.5 Å². The molecule has 0 radical (unpaired) electrons. The van der Waals surface area contributed by atoms with Crippen molar-refractivity contribution < 1.29 is 29.0 Å². The van der Waals surface area contributed by atoms with Gasteiger partial charge in [-0.15, -0.1) is 0 Å². The van der Waals surface area contributed by atoms with Crippen molar-refractivity contribution in [2.24, 2.45) is 0 Å². The van der Waals surface area contributed by atoms with Crippen LogP contribution in [0.4, 0.5) is 17.5 Å². The Morgan fingerprint density at radius 1 is 1.16 bits per heavy atom. The molecule has 12 heteroatoms. The predicted octanol–water partition coefficient (Wildman–Crippen LogP) is 1.07. The number of carbonyl (C=O) groups excluding carboxylic acids is 1. The molecule has 1 aromatic carbocycles. The Labute approximate surface area is 181 Å². The van der Waals surface area contributed by atoms with Gasteiger partial charge >= 0.3 is 11.9 Å². The third-order valence-electron chi connectivity index (χ3n) is 4.78. The van der Waals surface area contributed by atoms with E-state index in [0.717, 1.165) is 11.3 Å². The zero-order chi connectivity index (χ0) is 23.4. The van der Waals surface area contributed by atoms with Crippen LogP contribution < -0.4 is 21.7 Å². The lowest BCUT2D eigenvalue weighted by Gasteiger charge is -2.19. The van der Waals surface area contributed by atoms with Crippen molar-refractivity contribution in [3.63, 3.8) is 0 Å². The predicted molar refractivity (Wildman–Crippen MR) is 115 cm³/mol. The summed E-state index contributed by atoms with van der Waals surface area (Å²) in [5, 5.41) is 20.8. The summed E-state index contributed by atoms with van der Waals surface area (Å²) in [6, 6.07) is 5.19. The molecular weight excluding hydrogens is 420 g/mol. The molecule has 0 aliphatic rings. The molecule has 0 spiro atoms. The summed E-state index contributed by atoms with van der Waals surface area (Å²) in [6.07, 6.45) is 0.941. The van der Waals surface area contributed by atoms with Crippen molar-refractivity contribution in [3.8, 4) is 0 Å². The number of furan rings is 1. The van der Waals surface area contributed by atoms with Gasteiger partial charge in [0.1, 0.15) is 11.9 Å². The highest BCUT2D eigenvalue weighted by atomic mass is 16.4. The van der Waals surface area contributed by atoms with Gasteiger partial charge in [-0.05, 0) is 30.7 Å². The lowest BCUT2D eigenvalue weighted by atomic mass is 10.1. The Balaban J connectivity index is 1.69. The van der Waals surface area contributed by atoms with Crippen LogP contribution in [0.2, 0.25) is 0 Å². The van der Waals surface area contributed by atoms with Crippen LogP contribution in [0.1, 0.15) is 28.8 Å². The minimum absolute atomic E-state index is 0.0196. The number of nitrogens with one attached hydrogen (secondary N) is 1. The molecule has 0 bridgehead atoms. The molecule has 0 saturated heterocycles. The molecule has 0 saturated carbocycles. The summed E-state index contributed by atoms with van der Waals surface area (Å²) in [6.45, 7) is 0.409. The van der Waals surface area contributed by atoms with Crippen LogP contribution in [0.3, 0.4) is 0 Å². The number of nitrogens with zero attached hydrogens (tertiary/aromatic N) is 3. The minimum atomic E-state index is -1.30. The molecular formula is C20H22N6O6. The highest BCUT2D eigenvalue weighted by molar-refractivity contribution is 5.97. The largest absolute Gasteiger partial charge is 0.481 e. The first-order chi connectivity index (χ1) is 15.2. The molecule has 1 atom stereocenters. The van der Waals surface area contributed by atoms with E-state index in [1.54, 1.807) is 24.3 Å². The van der Waals surface area contributed by atoms with Gasteiger partial charge < -0.3 is 36.3 Å². The number of hydrogen-bond donors (Lipinski definition) is 5. The number of carboxylic acid groups (broad SMARTS) is 2. The van der Waals surface area contributed by atoms with Gasteiger partial charge in [-0.2, -0.15) is 9.97 Å². The van der Waals surface area contributed by atoms with Crippen molar-refractivity contribution in [1.82, 2.24) is 15.3 Å². The fourth-order valence-electron chi connectivity index (χ4n) is 3.14. The van der Waals surface area contributed by atoms with Crippen molar-refractivity contribution in [2.75, 3.05) is 23.4 Å². The van der Waals surface area contributed by atoms with Gasteiger partial charge in [0, 0.05) is 36.8 Å². The van der Waals surface area contributed by atoms with Crippen LogP contribution in [0.5, 0.6) is 0 Å². The topological polar surface area (TPSA) is 198 Å². The van der Waals surface area contributed by atoms with E-state index >= 15 is 0 Å². The highest BCUT2D eigenvalue weighted by Crippen LogP contribution is 2.27. The van der Waals surface area contributed by atoms with E-state index in [1.807, 2.05) is 11.9 Å². The lowest BCUT2D eigenvalue weighted by molar-refractivity contribution is -0.140. The van der Waals surface area contributed by atoms with Crippen LogP contribution in [-0.4, -0.2) is 51.1 Å². The third-order valence-corrected chi connectivity index (χ3v) is 4.78. The van der Waals surface area contributed by atoms with Gasteiger partial charge in [0.2, 0.25) is 11.7 Å². The van der Waals surface area contributed by atoms with Crippen molar-refractivity contribution in [2.45, 2.75) is 25.4 Å². The van der Waals surface area contributed by atoms with Crippen LogP contribution in [-0.2, 0) is 16.1 Å². The summed E-state index contributed by atoms with van der Waals surface area (Å²) < 4.78 is 5.41. The molecule has 3 aromatic rings. The fraction of sp³-hybridized carbons (Fsp3) is 0.250. The number of fused-ring (bicyclic) bond motifs is 1. The average molecular weight is 442 g/mol. The molecule has 0 aliphatic carbocycles. The second-order valence-electron chi connectivity index (χ2n) is 7.11. The first-order valence-corrected chi connectivity index (χ1v) is 9.51. The van der Waals surface area contributed by atoms with E-state index in [2.05, 4.69) is 15.3 Å². The van der Waals surface area contributed by atoms with E-state index in [4.69, 9.17) is 21.0 Å². The summed E-state index contributed by atoms with van der Waals surface area (Å²) in [7, 11) is 1.83. The summed E-state index contributed by atoms with van der Waals surface area (Å²) in [5.41, 5.74) is 13.6. The fourth-order valence-corrected chi connectivity index (χ4v) is 3.14. The van der Waals surface area contributed by atoms with Crippen LogP contribution in [0.15, 0.2) is 34.9 Å². The number of aromatic nitrogens is 2. The zero-order valence-electron chi connectivity index (χ0n) is 17.1. The van der Waals surface area contributed by atoms with Gasteiger partial charge in [-0.25, -0.2) is 4.79 Å². The minimum Gasteiger partial charge on any atom is -0.481 e. The van der Waals surface area contributed by atoms with E-state index in [-0.39, 0.29) is 30.2 Å². The molecule has 0 unspecified atom stereocenters. The van der Waals surface area contributed by atoms with Crippen LogP contribution in [0, 0.1) is 0 Å². The number of benzene rings is 1. The number of carboxylic acids is 2. The number of hydrogen-bond acceptors (Lipinski definition) is 9. The summed E-state index contributed by atoms with van der Waals surface area (Å²) >= 11 is 0.